The molecule has 5 rings (SSSR count). The van der Waals surface area contributed by atoms with Crippen molar-refractivity contribution in [3.63, 3.8) is 0 Å². The molecule has 2 amide bonds. The molecule has 2 aliphatic heterocycles. The van der Waals surface area contributed by atoms with Gasteiger partial charge < -0.3 is 9.84 Å². The summed E-state index contributed by atoms with van der Waals surface area (Å²) in [6, 6.07) is 17.3. The van der Waals surface area contributed by atoms with Crippen LogP contribution in [-0.2, 0) is 0 Å². The number of benzene rings is 3. The third kappa shape index (κ3) is 5.00. The van der Waals surface area contributed by atoms with E-state index in [0.29, 0.717) is 30.8 Å². The van der Waals surface area contributed by atoms with E-state index in [1.54, 1.807) is 0 Å². The van der Waals surface area contributed by atoms with Crippen molar-refractivity contribution in [3.05, 3.63) is 76.9 Å². The summed E-state index contributed by atoms with van der Waals surface area (Å²) in [5, 5.41) is 12.2. The molecule has 1 atom stereocenters. The number of ether oxygens (including phenoxy) is 1. The van der Waals surface area contributed by atoms with E-state index in [1.165, 1.54) is 10.5 Å². The van der Waals surface area contributed by atoms with Crippen LogP contribution in [-0.4, -0.2) is 90.1 Å². The van der Waals surface area contributed by atoms with Crippen molar-refractivity contribution in [3.8, 4) is 5.75 Å². The highest BCUT2D eigenvalue weighted by Crippen LogP contribution is 2.29. The summed E-state index contributed by atoms with van der Waals surface area (Å²) >= 11 is 0. The number of β-amino-alcohol motifs (C(OH)–C–C–N with tert-alkyl or cyclic N) is 1. The lowest BCUT2D eigenvalue weighted by Gasteiger charge is -2.36. The molecule has 0 aliphatic carbocycles. The third-order valence-corrected chi connectivity index (χ3v) is 7.19. The third-order valence-electron chi connectivity index (χ3n) is 7.19. The highest BCUT2D eigenvalue weighted by atomic mass is 16.5. The van der Waals surface area contributed by atoms with Gasteiger partial charge in [-0.1, -0.05) is 42.0 Å². The van der Waals surface area contributed by atoms with Gasteiger partial charge >= 0.3 is 0 Å². The molecule has 0 bridgehead atoms. The number of aliphatic hydroxyl groups excluding tert-OH is 1. The molecule has 0 radical (unpaired) electrons. The number of carbonyl (C=O) groups is 2. The number of hydrogen-bond acceptors (Lipinski definition) is 6. The minimum Gasteiger partial charge on any atom is -0.491 e. The number of hydrogen-bond donors (Lipinski definition) is 1. The molecule has 1 fully saturated rings. The summed E-state index contributed by atoms with van der Waals surface area (Å²) in [6.45, 7) is 9.19. The first-order chi connectivity index (χ1) is 17.4. The van der Waals surface area contributed by atoms with Crippen LogP contribution in [0.3, 0.4) is 0 Å². The van der Waals surface area contributed by atoms with Crippen LogP contribution in [0.25, 0.3) is 10.8 Å². The molecule has 7 heteroatoms. The van der Waals surface area contributed by atoms with Gasteiger partial charge in [0.05, 0.1) is 0 Å². The standard InChI is InChI=1S/C29H33N3O4/c1-20-9-10-26(21(2)17-20)36-19-23(33)18-31-13-11-30(12-14-31)15-16-32-28(34)24-7-3-5-22-6-4-8-25(27(22)24)29(32)35/h3-10,17,23,33H,11-16,18-19H2,1-2H3. The SMILES string of the molecule is Cc1ccc(OCC(O)CN2CCN(CCN3C(=O)c4cccc5cccc(c45)C3=O)CC2)c(C)c1. The number of piperazine rings is 1. The van der Waals surface area contributed by atoms with E-state index in [-0.39, 0.29) is 18.4 Å². The average Bonchev–Trinajstić information content (AvgIpc) is 2.87. The number of amides is 2. The molecule has 3 aromatic rings. The van der Waals surface area contributed by atoms with E-state index in [4.69, 9.17) is 4.74 Å². The number of nitrogens with zero attached hydrogens (tertiary/aromatic N) is 3. The predicted molar refractivity (Wildman–Crippen MR) is 140 cm³/mol. The zero-order valence-electron chi connectivity index (χ0n) is 20.9. The number of rotatable bonds is 8. The van der Waals surface area contributed by atoms with E-state index < -0.39 is 6.10 Å². The average molecular weight is 488 g/mol. The first kappa shape index (κ1) is 24.4. The van der Waals surface area contributed by atoms with Gasteiger partial charge in [0.1, 0.15) is 18.5 Å². The molecule has 188 valence electrons. The summed E-state index contributed by atoms with van der Waals surface area (Å²) in [5.74, 6) is 0.384. The van der Waals surface area contributed by atoms with Crippen molar-refractivity contribution < 1.29 is 19.4 Å². The molecule has 1 unspecified atom stereocenters. The van der Waals surface area contributed by atoms with Crippen molar-refractivity contribution in [2.45, 2.75) is 20.0 Å². The molecule has 1 saturated heterocycles. The Bertz CT molecular complexity index is 1230. The van der Waals surface area contributed by atoms with Crippen molar-refractivity contribution in [1.29, 1.82) is 0 Å². The molecule has 1 N–H and O–H groups in total. The molecule has 0 spiro atoms. The second kappa shape index (κ2) is 10.4. The van der Waals surface area contributed by atoms with Crippen LogP contribution in [0.1, 0.15) is 31.8 Å². The van der Waals surface area contributed by atoms with Crippen LogP contribution < -0.4 is 4.74 Å². The molecule has 0 saturated carbocycles. The van der Waals surface area contributed by atoms with Gasteiger partial charge in [-0.05, 0) is 43.0 Å². The van der Waals surface area contributed by atoms with Crippen LogP contribution in [0.2, 0.25) is 0 Å². The molecule has 2 aliphatic rings. The quantitative estimate of drug-likeness (QED) is 0.493. The first-order valence-corrected chi connectivity index (χ1v) is 12.6. The van der Waals surface area contributed by atoms with E-state index >= 15 is 0 Å². The molecule has 3 aromatic carbocycles. The largest absolute Gasteiger partial charge is 0.491 e. The maximum Gasteiger partial charge on any atom is 0.261 e. The Balaban J connectivity index is 1.10. The number of aliphatic hydroxyl groups is 1. The second-order valence-electron chi connectivity index (χ2n) is 9.85. The van der Waals surface area contributed by atoms with Crippen molar-refractivity contribution in [2.75, 3.05) is 52.4 Å². The number of carbonyl (C=O) groups excluding carboxylic acids is 2. The van der Waals surface area contributed by atoms with Crippen LogP contribution in [0.5, 0.6) is 5.75 Å². The summed E-state index contributed by atoms with van der Waals surface area (Å²) < 4.78 is 5.83. The zero-order chi connectivity index (χ0) is 25.2. The highest BCUT2D eigenvalue weighted by molar-refractivity contribution is 6.25. The van der Waals surface area contributed by atoms with Gasteiger partial charge in [-0.2, -0.15) is 0 Å². The Morgan fingerprint density at radius 2 is 1.50 bits per heavy atom. The second-order valence-corrected chi connectivity index (χ2v) is 9.85. The Morgan fingerprint density at radius 3 is 2.14 bits per heavy atom. The van der Waals surface area contributed by atoms with Crippen molar-refractivity contribution >= 4 is 22.6 Å². The van der Waals surface area contributed by atoms with Gasteiger partial charge in [0.15, 0.2) is 0 Å². The smallest absolute Gasteiger partial charge is 0.261 e. The van der Waals surface area contributed by atoms with Crippen LogP contribution >= 0.6 is 0 Å². The van der Waals surface area contributed by atoms with Crippen LogP contribution in [0, 0.1) is 13.8 Å². The Morgan fingerprint density at radius 1 is 0.861 bits per heavy atom. The fourth-order valence-electron chi connectivity index (χ4n) is 5.22. The molecule has 36 heavy (non-hydrogen) atoms. The van der Waals surface area contributed by atoms with Gasteiger partial charge in [-0.3, -0.25) is 24.3 Å². The van der Waals surface area contributed by atoms with Crippen LogP contribution in [0.4, 0.5) is 0 Å². The highest BCUT2D eigenvalue weighted by Gasteiger charge is 2.33. The van der Waals surface area contributed by atoms with Crippen molar-refractivity contribution in [1.82, 2.24) is 14.7 Å². The van der Waals surface area contributed by atoms with Crippen molar-refractivity contribution in [2.24, 2.45) is 0 Å². The Hall–Kier alpha value is -3.26. The van der Waals surface area contributed by atoms with Gasteiger partial charge in [0, 0.05) is 62.3 Å². The topological polar surface area (TPSA) is 73.3 Å². The summed E-state index contributed by atoms with van der Waals surface area (Å²) in [5.41, 5.74) is 3.46. The predicted octanol–water partition coefficient (Wildman–Crippen LogP) is 3.11. The summed E-state index contributed by atoms with van der Waals surface area (Å²) in [7, 11) is 0. The first-order valence-electron chi connectivity index (χ1n) is 12.6. The minimum absolute atomic E-state index is 0.213. The van der Waals surface area contributed by atoms with Gasteiger partial charge in [-0.15, -0.1) is 0 Å². The molecule has 0 aromatic heterocycles. The number of aryl methyl sites for hydroxylation is 2. The molecule has 2 heterocycles. The van der Waals surface area contributed by atoms with Gasteiger partial charge in [0.2, 0.25) is 0 Å². The monoisotopic (exact) mass is 487 g/mol. The summed E-state index contributed by atoms with van der Waals surface area (Å²) in [6.07, 6.45) is -0.566. The van der Waals surface area contributed by atoms with E-state index in [1.807, 2.05) is 62.4 Å². The Kier molecular flexibility index (Phi) is 7.05. The van der Waals surface area contributed by atoms with E-state index in [0.717, 1.165) is 48.3 Å². The van der Waals surface area contributed by atoms with E-state index in [2.05, 4.69) is 15.9 Å². The summed E-state index contributed by atoms with van der Waals surface area (Å²) in [4.78, 5) is 32.1. The zero-order valence-corrected chi connectivity index (χ0v) is 20.9. The van der Waals surface area contributed by atoms with Gasteiger partial charge in [0.25, 0.3) is 11.8 Å². The minimum atomic E-state index is -0.566. The molecular formula is C29H33N3O4. The maximum atomic E-state index is 13.1. The Labute approximate surface area is 211 Å². The lowest BCUT2D eigenvalue weighted by molar-refractivity contribution is 0.0415. The molecular weight excluding hydrogens is 454 g/mol. The fraction of sp³-hybridized carbons (Fsp3) is 0.379. The number of imide groups is 1. The van der Waals surface area contributed by atoms with Gasteiger partial charge in [-0.25, -0.2) is 0 Å². The molecule has 7 nitrogen and oxygen atoms in total. The normalized spacial score (nSPS) is 17.6. The maximum absolute atomic E-state index is 13.1. The fourth-order valence-corrected chi connectivity index (χ4v) is 5.22. The van der Waals surface area contributed by atoms with E-state index in [9.17, 15) is 14.7 Å². The lowest BCUT2D eigenvalue weighted by atomic mass is 9.94. The van der Waals surface area contributed by atoms with Crippen LogP contribution in [0.15, 0.2) is 54.6 Å². The lowest BCUT2D eigenvalue weighted by Crippen LogP contribution is -2.51.